The Hall–Kier alpha value is -2.16. The molecule has 0 aromatic heterocycles. The number of benzene rings is 2. The third kappa shape index (κ3) is 4.09. The van der Waals surface area contributed by atoms with Crippen molar-refractivity contribution in [3.63, 3.8) is 0 Å². The average molecular weight is 362 g/mol. The highest BCUT2D eigenvalue weighted by Gasteiger charge is 2.20. The van der Waals surface area contributed by atoms with E-state index in [-0.39, 0.29) is 11.6 Å². The molecule has 0 spiro atoms. The monoisotopic (exact) mass is 361 g/mol. The lowest BCUT2D eigenvalue weighted by atomic mass is 10.1. The molecule has 3 nitrogen and oxygen atoms in total. The summed E-state index contributed by atoms with van der Waals surface area (Å²) in [6.07, 6.45) is 0. The van der Waals surface area contributed by atoms with Crippen molar-refractivity contribution in [2.24, 2.45) is 0 Å². The molecule has 1 heterocycles. The summed E-state index contributed by atoms with van der Waals surface area (Å²) >= 11 is 5.72. The molecule has 1 aliphatic rings. The first-order valence-electron chi connectivity index (χ1n) is 8.11. The number of piperazine rings is 1. The van der Waals surface area contributed by atoms with E-state index in [1.54, 1.807) is 18.2 Å². The summed E-state index contributed by atoms with van der Waals surface area (Å²) in [6, 6.07) is 11.6. The molecule has 2 aromatic carbocycles. The lowest BCUT2D eigenvalue weighted by Gasteiger charge is -2.36. The maximum atomic E-state index is 14.1. The molecule has 2 aromatic rings. The second-order valence-electron chi connectivity index (χ2n) is 6.10. The van der Waals surface area contributed by atoms with Crippen molar-refractivity contribution in [1.29, 1.82) is 5.26 Å². The van der Waals surface area contributed by atoms with Crippen LogP contribution in [0.1, 0.15) is 16.7 Å². The van der Waals surface area contributed by atoms with Crippen LogP contribution < -0.4 is 4.90 Å². The molecule has 0 amide bonds. The first kappa shape index (κ1) is 17.7. The third-order valence-electron chi connectivity index (χ3n) is 4.46. The fourth-order valence-corrected chi connectivity index (χ4v) is 3.19. The van der Waals surface area contributed by atoms with E-state index < -0.39 is 0 Å². The summed E-state index contributed by atoms with van der Waals surface area (Å²) in [4.78, 5) is 4.11. The van der Waals surface area contributed by atoms with E-state index in [1.165, 1.54) is 12.1 Å². The van der Waals surface area contributed by atoms with E-state index in [0.29, 0.717) is 42.3 Å². The van der Waals surface area contributed by atoms with Crippen LogP contribution >= 0.6 is 11.6 Å². The molecule has 130 valence electrons. The Balaban J connectivity index is 1.61. The van der Waals surface area contributed by atoms with Gasteiger partial charge in [-0.3, -0.25) is 4.90 Å². The van der Waals surface area contributed by atoms with Crippen LogP contribution in [0.2, 0.25) is 0 Å². The van der Waals surface area contributed by atoms with Gasteiger partial charge < -0.3 is 4.90 Å². The number of anilines is 1. The highest BCUT2D eigenvalue weighted by molar-refractivity contribution is 6.17. The van der Waals surface area contributed by atoms with Crippen molar-refractivity contribution in [2.45, 2.75) is 12.4 Å². The predicted molar refractivity (Wildman–Crippen MR) is 94.6 cm³/mol. The van der Waals surface area contributed by atoms with Crippen molar-refractivity contribution in [3.05, 3.63) is 64.7 Å². The zero-order chi connectivity index (χ0) is 17.8. The molecule has 0 bridgehead atoms. The van der Waals surface area contributed by atoms with E-state index in [4.69, 9.17) is 16.9 Å². The van der Waals surface area contributed by atoms with Crippen LogP contribution in [-0.4, -0.2) is 31.1 Å². The Labute approximate surface area is 151 Å². The summed E-state index contributed by atoms with van der Waals surface area (Å²) in [5, 5.41) is 8.82. The van der Waals surface area contributed by atoms with E-state index in [2.05, 4.69) is 4.90 Å². The lowest BCUT2D eigenvalue weighted by Crippen LogP contribution is -2.46. The summed E-state index contributed by atoms with van der Waals surface area (Å²) in [7, 11) is 0. The van der Waals surface area contributed by atoms with Gasteiger partial charge >= 0.3 is 0 Å². The Morgan fingerprint density at radius 2 is 1.76 bits per heavy atom. The van der Waals surface area contributed by atoms with Crippen LogP contribution in [0.25, 0.3) is 0 Å². The number of hydrogen-bond donors (Lipinski definition) is 0. The lowest BCUT2D eigenvalue weighted by molar-refractivity contribution is 0.246. The van der Waals surface area contributed by atoms with Crippen molar-refractivity contribution in [3.8, 4) is 6.07 Å². The molecule has 1 fully saturated rings. The fraction of sp³-hybridized carbons (Fsp3) is 0.316. The van der Waals surface area contributed by atoms with E-state index >= 15 is 0 Å². The number of nitrogens with zero attached hydrogens (tertiary/aromatic N) is 3. The smallest absolute Gasteiger partial charge is 0.147 e. The van der Waals surface area contributed by atoms with E-state index in [1.807, 2.05) is 17.0 Å². The first-order valence-corrected chi connectivity index (χ1v) is 8.64. The fourth-order valence-electron chi connectivity index (χ4n) is 3.02. The maximum Gasteiger partial charge on any atom is 0.147 e. The Kier molecular flexibility index (Phi) is 5.52. The summed E-state index contributed by atoms with van der Waals surface area (Å²) in [5.74, 6) is -0.319. The zero-order valence-corrected chi connectivity index (χ0v) is 14.4. The van der Waals surface area contributed by atoms with Gasteiger partial charge in [-0.2, -0.15) is 5.26 Å². The molecule has 0 saturated carbocycles. The van der Waals surface area contributed by atoms with Gasteiger partial charge in [0.15, 0.2) is 0 Å². The van der Waals surface area contributed by atoms with Crippen LogP contribution in [0.3, 0.4) is 0 Å². The number of nitriles is 1. The number of alkyl halides is 1. The molecule has 0 aliphatic carbocycles. The van der Waals surface area contributed by atoms with Crippen LogP contribution in [0.5, 0.6) is 0 Å². The van der Waals surface area contributed by atoms with Crippen LogP contribution in [-0.2, 0) is 12.4 Å². The van der Waals surface area contributed by atoms with Gasteiger partial charge in [-0.05, 0) is 29.8 Å². The van der Waals surface area contributed by atoms with Gasteiger partial charge in [0.2, 0.25) is 0 Å². The van der Waals surface area contributed by atoms with Gasteiger partial charge in [-0.1, -0.05) is 12.1 Å². The summed E-state index contributed by atoms with van der Waals surface area (Å²) in [5.41, 5.74) is 2.24. The molecule has 6 heteroatoms. The van der Waals surface area contributed by atoms with Crippen molar-refractivity contribution < 1.29 is 8.78 Å². The quantitative estimate of drug-likeness (QED) is 0.774. The minimum absolute atomic E-state index is 0.237. The Morgan fingerprint density at radius 1 is 1.00 bits per heavy atom. The maximum absolute atomic E-state index is 14.1. The molecule has 0 radical (unpaired) electrons. The highest BCUT2D eigenvalue weighted by atomic mass is 35.5. The molecule has 0 unspecified atom stereocenters. The van der Waals surface area contributed by atoms with Gasteiger partial charge in [0.1, 0.15) is 11.6 Å². The SMILES string of the molecule is N#Cc1ccc(N2CCN(Cc3ccc(CCl)cc3F)CC2)c(F)c1. The topological polar surface area (TPSA) is 30.3 Å². The van der Waals surface area contributed by atoms with E-state index in [9.17, 15) is 8.78 Å². The molecule has 0 N–H and O–H groups in total. The number of rotatable bonds is 4. The van der Waals surface area contributed by atoms with Gasteiger partial charge in [0, 0.05) is 44.2 Å². The molecule has 1 aliphatic heterocycles. The van der Waals surface area contributed by atoms with Gasteiger partial charge in [0.05, 0.1) is 17.3 Å². The van der Waals surface area contributed by atoms with Gasteiger partial charge in [-0.25, -0.2) is 8.78 Å². The second-order valence-corrected chi connectivity index (χ2v) is 6.37. The normalized spacial score (nSPS) is 15.2. The largest absolute Gasteiger partial charge is 0.367 e. The Morgan fingerprint density at radius 3 is 2.36 bits per heavy atom. The Bertz CT molecular complexity index is 796. The van der Waals surface area contributed by atoms with Crippen molar-refractivity contribution >= 4 is 17.3 Å². The van der Waals surface area contributed by atoms with Crippen LogP contribution in [0, 0.1) is 23.0 Å². The van der Waals surface area contributed by atoms with Crippen LogP contribution in [0.4, 0.5) is 14.5 Å². The highest BCUT2D eigenvalue weighted by Crippen LogP contribution is 2.23. The molecular formula is C19H18ClF2N3. The minimum Gasteiger partial charge on any atom is -0.367 e. The van der Waals surface area contributed by atoms with Crippen LogP contribution in [0.15, 0.2) is 36.4 Å². The second kappa shape index (κ2) is 7.81. The molecular weight excluding hydrogens is 344 g/mol. The number of halogens is 3. The van der Waals surface area contributed by atoms with E-state index in [0.717, 1.165) is 18.7 Å². The van der Waals surface area contributed by atoms with Gasteiger partial charge in [-0.15, -0.1) is 11.6 Å². The summed E-state index contributed by atoms with van der Waals surface area (Å²) < 4.78 is 28.2. The summed E-state index contributed by atoms with van der Waals surface area (Å²) in [6.45, 7) is 3.28. The van der Waals surface area contributed by atoms with Crippen molar-refractivity contribution in [1.82, 2.24) is 4.90 Å². The molecule has 0 atom stereocenters. The van der Waals surface area contributed by atoms with Gasteiger partial charge in [0.25, 0.3) is 0 Å². The number of hydrogen-bond acceptors (Lipinski definition) is 3. The minimum atomic E-state index is -0.379. The molecule has 1 saturated heterocycles. The molecule has 25 heavy (non-hydrogen) atoms. The standard InChI is InChI=1S/C19H18ClF2N3/c20-11-14-1-3-16(17(21)9-14)13-24-5-7-25(8-6-24)19-4-2-15(12-23)10-18(19)22/h1-4,9-10H,5-8,11,13H2. The molecule has 3 rings (SSSR count). The predicted octanol–water partition coefficient (Wildman–Crippen LogP) is 3.90. The first-order chi connectivity index (χ1) is 12.1. The average Bonchev–Trinajstić information content (AvgIpc) is 2.64. The third-order valence-corrected chi connectivity index (χ3v) is 4.76. The zero-order valence-electron chi connectivity index (χ0n) is 13.7. The van der Waals surface area contributed by atoms with Crippen molar-refractivity contribution in [2.75, 3.05) is 31.1 Å².